The van der Waals surface area contributed by atoms with Gasteiger partial charge in [0.05, 0.1) is 10.6 Å². The molecule has 1 aliphatic carbocycles. The Kier molecular flexibility index (Phi) is 4.84. The van der Waals surface area contributed by atoms with Crippen LogP contribution in [0.15, 0.2) is 12.3 Å². The lowest BCUT2D eigenvalue weighted by atomic mass is 9.89. The highest BCUT2D eigenvalue weighted by molar-refractivity contribution is 6.35. The zero-order valence-electron chi connectivity index (χ0n) is 10.1. The van der Waals surface area contributed by atoms with Crippen LogP contribution in [0.2, 0.25) is 10.2 Å². The monoisotopic (exact) mass is 286 g/mol. The zero-order chi connectivity index (χ0) is 13.0. The molecule has 2 rings (SSSR count). The van der Waals surface area contributed by atoms with Gasteiger partial charge in [-0.05, 0) is 24.8 Å². The number of pyridine rings is 1. The van der Waals surface area contributed by atoms with Crippen molar-refractivity contribution in [3.63, 3.8) is 0 Å². The van der Waals surface area contributed by atoms with Crippen LogP contribution in [0.1, 0.15) is 42.5 Å². The summed E-state index contributed by atoms with van der Waals surface area (Å²) in [6, 6.07) is 1.50. The third-order valence-corrected chi connectivity index (χ3v) is 3.85. The largest absolute Gasteiger partial charge is 0.352 e. The zero-order valence-corrected chi connectivity index (χ0v) is 11.6. The topological polar surface area (TPSA) is 42.0 Å². The van der Waals surface area contributed by atoms with Gasteiger partial charge in [-0.2, -0.15) is 0 Å². The Balaban J connectivity index is 1.92. The van der Waals surface area contributed by atoms with E-state index in [1.54, 1.807) is 0 Å². The first-order valence-corrected chi connectivity index (χ1v) is 7.01. The molecule has 1 saturated carbocycles. The standard InChI is InChI=1S/C13H16Cl2N2O/c14-11-8-16-12(15)6-10(11)13(18)17-7-9-4-2-1-3-5-9/h6,8-9H,1-5,7H2,(H,17,18). The molecule has 18 heavy (non-hydrogen) atoms. The van der Waals surface area contributed by atoms with Crippen molar-refractivity contribution in [3.8, 4) is 0 Å². The molecule has 1 fully saturated rings. The van der Waals surface area contributed by atoms with Crippen molar-refractivity contribution in [2.24, 2.45) is 5.92 Å². The second-order valence-corrected chi connectivity index (χ2v) is 5.50. The number of aromatic nitrogens is 1. The van der Waals surface area contributed by atoms with Gasteiger partial charge in [-0.1, -0.05) is 42.5 Å². The SMILES string of the molecule is O=C(NCC1CCCCC1)c1cc(Cl)ncc1Cl. The number of amides is 1. The lowest BCUT2D eigenvalue weighted by Gasteiger charge is -2.21. The van der Waals surface area contributed by atoms with Gasteiger partial charge in [0.1, 0.15) is 5.15 Å². The number of rotatable bonds is 3. The molecule has 0 spiro atoms. The first kappa shape index (κ1) is 13.6. The molecule has 1 aromatic rings. The maximum Gasteiger partial charge on any atom is 0.252 e. The van der Waals surface area contributed by atoms with Crippen LogP contribution in [0, 0.1) is 5.92 Å². The Morgan fingerprint density at radius 1 is 1.33 bits per heavy atom. The maximum absolute atomic E-state index is 12.0. The van der Waals surface area contributed by atoms with Crippen LogP contribution in [-0.2, 0) is 0 Å². The second kappa shape index (κ2) is 6.39. The molecule has 1 amide bonds. The fourth-order valence-electron chi connectivity index (χ4n) is 2.31. The van der Waals surface area contributed by atoms with Crippen LogP contribution >= 0.6 is 23.2 Å². The number of hydrogen-bond acceptors (Lipinski definition) is 2. The molecule has 1 N–H and O–H groups in total. The predicted octanol–water partition coefficient (Wildman–Crippen LogP) is 3.70. The third kappa shape index (κ3) is 3.59. The summed E-state index contributed by atoms with van der Waals surface area (Å²) in [7, 11) is 0. The van der Waals surface area contributed by atoms with Gasteiger partial charge < -0.3 is 5.32 Å². The van der Waals surface area contributed by atoms with Crippen LogP contribution in [0.3, 0.4) is 0 Å². The van der Waals surface area contributed by atoms with Crippen LogP contribution in [0.5, 0.6) is 0 Å². The summed E-state index contributed by atoms with van der Waals surface area (Å²) in [5, 5.41) is 3.54. The van der Waals surface area contributed by atoms with Crippen molar-refractivity contribution in [1.82, 2.24) is 10.3 Å². The number of nitrogens with zero attached hydrogens (tertiary/aromatic N) is 1. The van der Waals surface area contributed by atoms with E-state index in [0.717, 1.165) is 6.54 Å². The van der Waals surface area contributed by atoms with Crippen molar-refractivity contribution in [1.29, 1.82) is 0 Å². The number of carbonyl (C=O) groups excluding carboxylic acids is 1. The molecule has 5 heteroatoms. The van der Waals surface area contributed by atoms with Crippen molar-refractivity contribution in [3.05, 3.63) is 28.0 Å². The minimum absolute atomic E-state index is 0.171. The van der Waals surface area contributed by atoms with Gasteiger partial charge in [0.25, 0.3) is 5.91 Å². The van der Waals surface area contributed by atoms with Crippen molar-refractivity contribution in [2.75, 3.05) is 6.54 Å². The lowest BCUT2D eigenvalue weighted by molar-refractivity contribution is 0.0943. The molecule has 1 aliphatic rings. The number of carbonyl (C=O) groups is 1. The Hall–Kier alpha value is -0.800. The van der Waals surface area contributed by atoms with Gasteiger partial charge >= 0.3 is 0 Å². The van der Waals surface area contributed by atoms with Crippen molar-refractivity contribution < 1.29 is 4.79 Å². The summed E-state index contributed by atoms with van der Waals surface area (Å²) in [6.07, 6.45) is 7.65. The number of halogens is 2. The predicted molar refractivity (Wildman–Crippen MR) is 73.2 cm³/mol. The minimum atomic E-state index is -0.171. The first-order chi connectivity index (χ1) is 8.66. The maximum atomic E-state index is 12.0. The Labute approximate surface area is 117 Å². The van der Waals surface area contributed by atoms with Crippen molar-refractivity contribution in [2.45, 2.75) is 32.1 Å². The molecular formula is C13H16Cl2N2O. The summed E-state index contributed by atoms with van der Waals surface area (Å²) in [6.45, 7) is 0.717. The van der Waals surface area contributed by atoms with E-state index in [0.29, 0.717) is 16.5 Å². The van der Waals surface area contributed by atoms with Crippen molar-refractivity contribution >= 4 is 29.1 Å². The Morgan fingerprint density at radius 3 is 2.78 bits per heavy atom. The molecule has 0 atom stereocenters. The summed E-state index contributed by atoms with van der Waals surface area (Å²) in [4.78, 5) is 15.8. The van der Waals surface area contributed by atoms with E-state index in [2.05, 4.69) is 10.3 Å². The summed E-state index contributed by atoms with van der Waals surface area (Å²) in [5.41, 5.74) is 0.396. The third-order valence-electron chi connectivity index (χ3n) is 3.34. The minimum Gasteiger partial charge on any atom is -0.352 e. The highest BCUT2D eigenvalue weighted by atomic mass is 35.5. The smallest absolute Gasteiger partial charge is 0.252 e. The highest BCUT2D eigenvalue weighted by Gasteiger charge is 2.16. The normalized spacial score (nSPS) is 16.6. The van der Waals surface area contributed by atoms with Crippen LogP contribution in [0.4, 0.5) is 0 Å². The molecule has 1 aromatic heterocycles. The van der Waals surface area contributed by atoms with E-state index in [9.17, 15) is 4.79 Å². The van der Waals surface area contributed by atoms with Gasteiger partial charge in [0.2, 0.25) is 0 Å². The average Bonchev–Trinajstić information content (AvgIpc) is 2.40. The summed E-state index contributed by atoms with van der Waals surface area (Å²) >= 11 is 11.7. The second-order valence-electron chi connectivity index (χ2n) is 4.70. The Morgan fingerprint density at radius 2 is 2.06 bits per heavy atom. The summed E-state index contributed by atoms with van der Waals surface area (Å²) in [5.74, 6) is 0.425. The number of hydrogen-bond donors (Lipinski definition) is 1. The van der Waals surface area contributed by atoms with Gasteiger partial charge in [-0.25, -0.2) is 4.98 Å². The highest BCUT2D eigenvalue weighted by Crippen LogP contribution is 2.23. The van der Waals surface area contributed by atoms with Gasteiger partial charge in [-0.3, -0.25) is 4.79 Å². The lowest BCUT2D eigenvalue weighted by Crippen LogP contribution is -2.30. The molecular weight excluding hydrogens is 271 g/mol. The fourth-order valence-corrected chi connectivity index (χ4v) is 2.66. The molecule has 0 saturated heterocycles. The van der Waals surface area contributed by atoms with E-state index in [1.165, 1.54) is 44.4 Å². The van der Waals surface area contributed by atoms with Gasteiger partial charge in [0, 0.05) is 12.7 Å². The average molecular weight is 287 g/mol. The first-order valence-electron chi connectivity index (χ1n) is 6.26. The van der Waals surface area contributed by atoms with Gasteiger partial charge in [0.15, 0.2) is 0 Å². The molecule has 0 aliphatic heterocycles. The molecule has 0 radical (unpaired) electrons. The van der Waals surface area contributed by atoms with Crippen LogP contribution in [0.25, 0.3) is 0 Å². The fraction of sp³-hybridized carbons (Fsp3) is 0.538. The molecule has 3 nitrogen and oxygen atoms in total. The number of nitrogens with one attached hydrogen (secondary N) is 1. The van der Waals surface area contributed by atoms with E-state index in [-0.39, 0.29) is 11.1 Å². The van der Waals surface area contributed by atoms with Crippen LogP contribution in [-0.4, -0.2) is 17.4 Å². The molecule has 0 bridgehead atoms. The van der Waals surface area contributed by atoms with E-state index >= 15 is 0 Å². The van der Waals surface area contributed by atoms with E-state index < -0.39 is 0 Å². The molecule has 1 heterocycles. The molecule has 0 aromatic carbocycles. The molecule has 0 unspecified atom stereocenters. The van der Waals surface area contributed by atoms with E-state index in [4.69, 9.17) is 23.2 Å². The van der Waals surface area contributed by atoms with Gasteiger partial charge in [-0.15, -0.1) is 0 Å². The quantitative estimate of drug-likeness (QED) is 0.861. The summed E-state index contributed by atoms with van der Waals surface area (Å²) < 4.78 is 0. The Bertz CT molecular complexity index is 431. The molecule has 98 valence electrons. The van der Waals surface area contributed by atoms with E-state index in [1.807, 2.05) is 0 Å². The van der Waals surface area contributed by atoms with Crippen LogP contribution < -0.4 is 5.32 Å².